The van der Waals surface area contributed by atoms with E-state index in [0.717, 1.165) is 46.3 Å². The zero-order valence-electron chi connectivity index (χ0n) is 11.1. The number of benzene rings is 1. The molecule has 0 N–H and O–H groups in total. The van der Waals surface area contributed by atoms with Gasteiger partial charge in [-0.1, -0.05) is 25.5 Å². The minimum atomic E-state index is 0.735. The zero-order valence-corrected chi connectivity index (χ0v) is 12.7. The highest BCUT2D eigenvalue weighted by Gasteiger charge is 2.08. The standard InChI is InChI=1S/C15H18BrNO/c1-4-5-8-18-15-11(3)9-12-7-6-10(2)13(16)14(12)17-15/h6-7,9H,4-5,8H2,1-3H3. The van der Waals surface area contributed by atoms with Crippen LogP contribution in [0.15, 0.2) is 22.7 Å². The molecule has 0 amide bonds. The Morgan fingerprint density at radius 1 is 1.22 bits per heavy atom. The maximum Gasteiger partial charge on any atom is 0.216 e. The molecule has 0 saturated heterocycles. The predicted octanol–water partition coefficient (Wildman–Crippen LogP) is 4.79. The molecule has 1 heterocycles. The molecule has 18 heavy (non-hydrogen) atoms. The number of aryl methyl sites for hydroxylation is 2. The molecule has 0 fully saturated rings. The molecule has 96 valence electrons. The van der Waals surface area contributed by atoms with Gasteiger partial charge in [0.1, 0.15) is 0 Å². The molecule has 0 radical (unpaired) electrons. The van der Waals surface area contributed by atoms with Crippen molar-refractivity contribution >= 4 is 26.8 Å². The largest absolute Gasteiger partial charge is 0.477 e. The van der Waals surface area contributed by atoms with Gasteiger partial charge in [0.15, 0.2) is 0 Å². The van der Waals surface area contributed by atoms with Crippen molar-refractivity contribution in [3.8, 4) is 5.88 Å². The number of ether oxygens (including phenoxy) is 1. The van der Waals surface area contributed by atoms with E-state index in [1.807, 2.05) is 6.92 Å². The number of hydrogen-bond donors (Lipinski definition) is 0. The van der Waals surface area contributed by atoms with Gasteiger partial charge in [0, 0.05) is 15.4 Å². The van der Waals surface area contributed by atoms with Gasteiger partial charge in [-0.05, 0) is 47.8 Å². The molecular formula is C15H18BrNO. The first-order chi connectivity index (χ1) is 8.63. The Labute approximate surface area is 117 Å². The average molecular weight is 308 g/mol. The fraction of sp³-hybridized carbons (Fsp3) is 0.400. The predicted molar refractivity (Wildman–Crippen MR) is 79.3 cm³/mol. The molecule has 0 aliphatic heterocycles. The third kappa shape index (κ3) is 2.66. The van der Waals surface area contributed by atoms with Crippen molar-refractivity contribution in [2.75, 3.05) is 6.61 Å². The van der Waals surface area contributed by atoms with Crippen LogP contribution < -0.4 is 4.74 Å². The fourth-order valence-corrected chi connectivity index (χ4v) is 2.30. The average Bonchev–Trinajstić information content (AvgIpc) is 2.36. The van der Waals surface area contributed by atoms with Crippen LogP contribution in [0.3, 0.4) is 0 Å². The smallest absolute Gasteiger partial charge is 0.216 e. The molecule has 0 unspecified atom stereocenters. The van der Waals surface area contributed by atoms with Crippen LogP contribution in [0.2, 0.25) is 0 Å². The van der Waals surface area contributed by atoms with Gasteiger partial charge in [0.2, 0.25) is 5.88 Å². The summed E-state index contributed by atoms with van der Waals surface area (Å²) >= 11 is 3.60. The minimum absolute atomic E-state index is 0.735. The number of rotatable bonds is 4. The topological polar surface area (TPSA) is 22.1 Å². The van der Waals surface area contributed by atoms with Gasteiger partial charge in [-0.15, -0.1) is 0 Å². The van der Waals surface area contributed by atoms with Crippen LogP contribution >= 0.6 is 15.9 Å². The van der Waals surface area contributed by atoms with Gasteiger partial charge in [0.05, 0.1) is 12.1 Å². The Morgan fingerprint density at radius 3 is 2.72 bits per heavy atom. The summed E-state index contributed by atoms with van der Waals surface area (Å²) in [5.74, 6) is 0.752. The molecule has 0 bridgehead atoms. The Morgan fingerprint density at radius 2 is 2.00 bits per heavy atom. The van der Waals surface area contributed by atoms with E-state index in [-0.39, 0.29) is 0 Å². The van der Waals surface area contributed by atoms with Crippen molar-refractivity contribution in [3.63, 3.8) is 0 Å². The van der Waals surface area contributed by atoms with Crippen molar-refractivity contribution in [2.45, 2.75) is 33.6 Å². The number of unbranched alkanes of at least 4 members (excludes halogenated alkanes) is 1. The summed E-state index contributed by atoms with van der Waals surface area (Å²) in [6, 6.07) is 6.34. The Hall–Kier alpha value is -1.09. The van der Waals surface area contributed by atoms with Crippen LogP contribution in [-0.2, 0) is 0 Å². The van der Waals surface area contributed by atoms with Crippen molar-refractivity contribution < 1.29 is 4.74 Å². The Balaban J connectivity index is 2.42. The number of aromatic nitrogens is 1. The maximum atomic E-state index is 5.75. The molecule has 2 nitrogen and oxygen atoms in total. The van der Waals surface area contributed by atoms with E-state index >= 15 is 0 Å². The third-order valence-electron chi connectivity index (χ3n) is 3.00. The van der Waals surface area contributed by atoms with Crippen LogP contribution in [0.1, 0.15) is 30.9 Å². The summed E-state index contributed by atoms with van der Waals surface area (Å²) in [5.41, 5.74) is 3.26. The summed E-state index contributed by atoms with van der Waals surface area (Å²) in [6.07, 6.45) is 2.20. The molecule has 0 spiro atoms. The highest BCUT2D eigenvalue weighted by atomic mass is 79.9. The summed E-state index contributed by atoms with van der Waals surface area (Å²) in [4.78, 5) is 4.64. The molecule has 0 aliphatic carbocycles. The molecular weight excluding hydrogens is 290 g/mol. The third-order valence-corrected chi connectivity index (χ3v) is 4.00. The number of nitrogens with zero attached hydrogens (tertiary/aromatic N) is 1. The highest BCUT2D eigenvalue weighted by molar-refractivity contribution is 9.10. The highest BCUT2D eigenvalue weighted by Crippen LogP contribution is 2.29. The summed E-state index contributed by atoms with van der Waals surface area (Å²) in [5, 5.41) is 1.15. The lowest BCUT2D eigenvalue weighted by atomic mass is 10.1. The SMILES string of the molecule is CCCCOc1nc2c(Br)c(C)ccc2cc1C. The van der Waals surface area contributed by atoms with Crippen LogP contribution in [-0.4, -0.2) is 11.6 Å². The van der Waals surface area contributed by atoms with E-state index < -0.39 is 0 Å². The van der Waals surface area contributed by atoms with Crippen LogP contribution in [0.5, 0.6) is 5.88 Å². The quantitative estimate of drug-likeness (QED) is 0.757. The van der Waals surface area contributed by atoms with Gasteiger partial charge < -0.3 is 4.74 Å². The first-order valence-electron chi connectivity index (χ1n) is 6.32. The summed E-state index contributed by atoms with van der Waals surface area (Å²) < 4.78 is 6.80. The molecule has 0 aliphatic rings. The van der Waals surface area contributed by atoms with E-state index in [1.54, 1.807) is 0 Å². The van der Waals surface area contributed by atoms with E-state index in [1.165, 1.54) is 5.56 Å². The number of pyridine rings is 1. The molecule has 1 aromatic carbocycles. The first-order valence-corrected chi connectivity index (χ1v) is 7.12. The minimum Gasteiger partial charge on any atom is -0.477 e. The molecule has 0 saturated carbocycles. The summed E-state index contributed by atoms with van der Waals surface area (Å²) in [7, 11) is 0. The fourth-order valence-electron chi connectivity index (χ4n) is 1.85. The van der Waals surface area contributed by atoms with Gasteiger partial charge in [-0.25, -0.2) is 4.98 Å². The monoisotopic (exact) mass is 307 g/mol. The summed E-state index contributed by atoms with van der Waals surface area (Å²) in [6.45, 7) is 7.01. The van der Waals surface area contributed by atoms with E-state index in [0.29, 0.717) is 0 Å². The molecule has 2 aromatic rings. The lowest BCUT2D eigenvalue weighted by molar-refractivity contribution is 0.297. The Kier molecular flexibility index (Phi) is 4.23. The lowest BCUT2D eigenvalue weighted by Crippen LogP contribution is -2.01. The lowest BCUT2D eigenvalue weighted by Gasteiger charge is -2.10. The first kappa shape index (κ1) is 13.3. The van der Waals surface area contributed by atoms with Gasteiger partial charge in [-0.2, -0.15) is 0 Å². The van der Waals surface area contributed by atoms with Crippen molar-refractivity contribution in [2.24, 2.45) is 0 Å². The Bertz CT molecular complexity index is 566. The second-order valence-corrected chi connectivity index (χ2v) is 5.37. The van der Waals surface area contributed by atoms with Gasteiger partial charge >= 0.3 is 0 Å². The second kappa shape index (κ2) is 5.70. The van der Waals surface area contributed by atoms with Crippen LogP contribution in [0.4, 0.5) is 0 Å². The van der Waals surface area contributed by atoms with Crippen molar-refractivity contribution in [1.29, 1.82) is 0 Å². The van der Waals surface area contributed by atoms with E-state index in [4.69, 9.17) is 4.74 Å². The van der Waals surface area contributed by atoms with Crippen LogP contribution in [0, 0.1) is 13.8 Å². The maximum absolute atomic E-state index is 5.75. The van der Waals surface area contributed by atoms with Gasteiger partial charge in [0.25, 0.3) is 0 Å². The molecule has 1 aromatic heterocycles. The number of halogens is 1. The number of hydrogen-bond acceptors (Lipinski definition) is 2. The van der Waals surface area contributed by atoms with Crippen LogP contribution in [0.25, 0.3) is 10.9 Å². The number of fused-ring (bicyclic) bond motifs is 1. The van der Waals surface area contributed by atoms with E-state index in [9.17, 15) is 0 Å². The normalized spacial score (nSPS) is 10.9. The zero-order chi connectivity index (χ0) is 13.1. The van der Waals surface area contributed by atoms with Crippen molar-refractivity contribution in [1.82, 2.24) is 4.98 Å². The molecule has 0 atom stereocenters. The van der Waals surface area contributed by atoms with E-state index in [2.05, 4.69) is 53.0 Å². The van der Waals surface area contributed by atoms with Crippen molar-refractivity contribution in [3.05, 3.63) is 33.8 Å². The van der Waals surface area contributed by atoms with Gasteiger partial charge in [-0.3, -0.25) is 0 Å². The second-order valence-electron chi connectivity index (χ2n) is 4.58. The molecule has 2 rings (SSSR count). The molecule has 3 heteroatoms.